The van der Waals surface area contributed by atoms with Crippen LogP contribution in [0.2, 0.25) is 0 Å². The molecule has 1 aliphatic heterocycles. The summed E-state index contributed by atoms with van der Waals surface area (Å²) >= 11 is 0. The molecule has 3 heterocycles. The number of hydrogen-bond acceptors (Lipinski definition) is 5. The maximum atomic E-state index is 12.7. The number of rotatable bonds is 5. The second-order valence-electron chi connectivity index (χ2n) is 7.16. The number of fused-ring (bicyclic) bond motifs is 1. The van der Waals surface area contributed by atoms with Gasteiger partial charge in [0.2, 0.25) is 11.7 Å². The third-order valence-electron chi connectivity index (χ3n) is 5.29. The Bertz CT molecular complexity index is 991. The summed E-state index contributed by atoms with van der Waals surface area (Å²) < 4.78 is 1.66. The van der Waals surface area contributed by atoms with Gasteiger partial charge in [-0.2, -0.15) is 0 Å². The van der Waals surface area contributed by atoms with Gasteiger partial charge in [-0.1, -0.05) is 12.1 Å². The van der Waals surface area contributed by atoms with Gasteiger partial charge in [0, 0.05) is 38.9 Å². The number of nitro groups is 1. The number of benzene rings is 1. The molecule has 1 aromatic carbocycles. The molecule has 0 aliphatic carbocycles. The van der Waals surface area contributed by atoms with Crippen molar-refractivity contribution in [3.63, 3.8) is 0 Å². The lowest BCUT2D eigenvalue weighted by Crippen LogP contribution is -2.39. The number of H-pyrrole nitrogens is 1. The predicted octanol–water partition coefficient (Wildman–Crippen LogP) is 2.77. The summed E-state index contributed by atoms with van der Waals surface area (Å²) in [6.07, 6.45) is 3.61. The number of carbonyl (C=O) groups excluding carboxylic acids is 1. The van der Waals surface area contributed by atoms with Crippen LogP contribution in [0.3, 0.4) is 0 Å². The van der Waals surface area contributed by atoms with Crippen LogP contribution in [0, 0.1) is 17.0 Å². The van der Waals surface area contributed by atoms with Crippen LogP contribution in [-0.4, -0.2) is 48.3 Å². The van der Waals surface area contributed by atoms with Crippen LogP contribution in [0.25, 0.3) is 11.0 Å². The van der Waals surface area contributed by atoms with Gasteiger partial charge in [-0.25, -0.2) is 4.98 Å². The van der Waals surface area contributed by atoms with E-state index in [0.29, 0.717) is 25.3 Å². The molecule has 3 aromatic rings. The van der Waals surface area contributed by atoms with Gasteiger partial charge in [-0.15, -0.1) is 0 Å². The lowest BCUT2D eigenvalue weighted by atomic mass is 9.97. The standard InChI is InChI=1S/C19H22N6O3/c1-13-20-17(25(27)28)12-23(13)10-8-18(26)24-9-4-5-14(11-24)19-21-15-6-2-3-7-16(15)22-19/h2-3,6-7,12,14H,4-5,8-11H2,1H3,(H,21,22). The van der Waals surface area contributed by atoms with Gasteiger partial charge in [-0.3, -0.25) is 4.79 Å². The van der Waals surface area contributed by atoms with Gasteiger partial charge in [0.15, 0.2) is 0 Å². The maximum Gasteiger partial charge on any atom is 0.381 e. The lowest BCUT2D eigenvalue weighted by Gasteiger charge is -2.32. The molecule has 2 aromatic heterocycles. The number of amides is 1. The molecular weight excluding hydrogens is 360 g/mol. The first-order valence-corrected chi connectivity index (χ1v) is 9.42. The highest BCUT2D eigenvalue weighted by atomic mass is 16.6. The monoisotopic (exact) mass is 382 g/mol. The van der Waals surface area contributed by atoms with Gasteiger partial charge in [0.1, 0.15) is 12.0 Å². The number of piperidine rings is 1. The molecule has 0 saturated carbocycles. The molecule has 1 atom stereocenters. The predicted molar refractivity (Wildman–Crippen MR) is 103 cm³/mol. The van der Waals surface area contributed by atoms with Crippen molar-refractivity contribution in [1.82, 2.24) is 24.4 Å². The number of nitrogens with one attached hydrogen (secondary N) is 1. The van der Waals surface area contributed by atoms with E-state index in [9.17, 15) is 14.9 Å². The van der Waals surface area contributed by atoms with Crippen molar-refractivity contribution in [3.05, 3.63) is 52.2 Å². The molecular formula is C19H22N6O3. The quantitative estimate of drug-likeness (QED) is 0.539. The number of imidazole rings is 2. The molecule has 28 heavy (non-hydrogen) atoms. The van der Waals surface area contributed by atoms with Crippen LogP contribution < -0.4 is 0 Å². The molecule has 1 fully saturated rings. The van der Waals surface area contributed by atoms with E-state index in [0.717, 1.165) is 36.2 Å². The first-order chi connectivity index (χ1) is 13.5. The number of hydrogen-bond donors (Lipinski definition) is 1. The molecule has 1 amide bonds. The Kier molecular flexibility index (Phi) is 4.81. The van der Waals surface area contributed by atoms with Gasteiger partial charge in [-0.05, 0) is 34.9 Å². The number of nitrogens with zero attached hydrogens (tertiary/aromatic N) is 5. The number of para-hydroxylation sites is 2. The average Bonchev–Trinajstić information content (AvgIpc) is 3.30. The second-order valence-corrected chi connectivity index (χ2v) is 7.16. The minimum Gasteiger partial charge on any atom is -0.358 e. The Morgan fingerprint density at radius 2 is 2.18 bits per heavy atom. The van der Waals surface area contributed by atoms with Crippen LogP contribution in [0.4, 0.5) is 5.82 Å². The van der Waals surface area contributed by atoms with Crippen molar-refractivity contribution in [2.45, 2.75) is 38.6 Å². The summed E-state index contributed by atoms with van der Waals surface area (Å²) in [6.45, 7) is 3.47. The first kappa shape index (κ1) is 18.1. The van der Waals surface area contributed by atoms with Gasteiger partial charge < -0.3 is 24.6 Å². The van der Waals surface area contributed by atoms with E-state index in [1.165, 1.54) is 6.20 Å². The normalized spacial score (nSPS) is 17.2. The fraction of sp³-hybridized carbons (Fsp3) is 0.421. The minimum absolute atomic E-state index is 0.0524. The summed E-state index contributed by atoms with van der Waals surface area (Å²) in [5.74, 6) is 1.53. The van der Waals surface area contributed by atoms with E-state index < -0.39 is 4.92 Å². The molecule has 1 N–H and O–H groups in total. The van der Waals surface area contributed by atoms with Gasteiger partial charge in [0.05, 0.1) is 11.0 Å². The maximum absolute atomic E-state index is 12.7. The van der Waals surface area contributed by atoms with Crippen molar-refractivity contribution in [3.8, 4) is 0 Å². The zero-order valence-corrected chi connectivity index (χ0v) is 15.7. The molecule has 0 spiro atoms. The number of likely N-dealkylation sites (tertiary alicyclic amines) is 1. The number of carbonyl (C=O) groups is 1. The zero-order valence-electron chi connectivity index (χ0n) is 15.7. The summed E-state index contributed by atoms with van der Waals surface area (Å²) in [4.78, 5) is 36.9. The molecule has 1 aliphatic rings. The van der Waals surface area contributed by atoms with Crippen molar-refractivity contribution >= 4 is 22.8 Å². The molecule has 0 radical (unpaired) electrons. The zero-order chi connectivity index (χ0) is 19.7. The van der Waals surface area contributed by atoms with Crippen molar-refractivity contribution < 1.29 is 9.72 Å². The summed E-state index contributed by atoms with van der Waals surface area (Å²) in [5.41, 5.74) is 1.95. The Morgan fingerprint density at radius 1 is 1.36 bits per heavy atom. The van der Waals surface area contributed by atoms with E-state index in [-0.39, 0.29) is 17.6 Å². The molecule has 9 nitrogen and oxygen atoms in total. The fourth-order valence-corrected chi connectivity index (χ4v) is 3.77. The largest absolute Gasteiger partial charge is 0.381 e. The molecule has 9 heteroatoms. The van der Waals surface area contributed by atoms with Crippen LogP contribution in [0.1, 0.15) is 36.8 Å². The van der Waals surface area contributed by atoms with Crippen molar-refractivity contribution in [2.75, 3.05) is 13.1 Å². The van der Waals surface area contributed by atoms with Crippen LogP contribution >= 0.6 is 0 Å². The van der Waals surface area contributed by atoms with E-state index in [1.54, 1.807) is 11.5 Å². The van der Waals surface area contributed by atoms with E-state index in [2.05, 4.69) is 15.0 Å². The number of aromatic nitrogens is 4. The van der Waals surface area contributed by atoms with Gasteiger partial charge >= 0.3 is 5.82 Å². The SMILES string of the molecule is Cc1nc([N+](=O)[O-])cn1CCC(=O)N1CCCC(c2nc3ccccc3[nH]2)C1. The van der Waals surface area contributed by atoms with Gasteiger partial charge in [0.25, 0.3) is 0 Å². The van der Waals surface area contributed by atoms with E-state index in [1.807, 2.05) is 29.2 Å². The Balaban J connectivity index is 1.40. The van der Waals surface area contributed by atoms with Crippen LogP contribution in [0.15, 0.2) is 30.5 Å². The van der Waals surface area contributed by atoms with E-state index >= 15 is 0 Å². The smallest absolute Gasteiger partial charge is 0.358 e. The van der Waals surface area contributed by atoms with Crippen molar-refractivity contribution in [1.29, 1.82) is 0 Å². The third-order valence-corrected chi connectivity index (χ3v) is 5.29. The average molecular weight is 382 g/mol. The summed E-state index contributed by atoms with van der Waals surface area (Å²) in [6, 6.07) is 7.92. The number of aromatic amines is 1. The topological polar surface area (TPSA) is 110 Å². The Morgan fingerprint density at radius 3 is 2.93 bits per heavy atom. The first-order valence-electron chi connectivity index (χ1n) is 9.42. The van der Waals surface area contributed by atoms with Crippen molar-refractivity contribution in [2.24, 2.45) is 0 Å². The molecule has 146 valence electrons. The highest BCUT2D eigenvalue weighted by Crippen LogP contribution is 2.27. The summed E-state index contributed by atoms with van der Waals surface area (Å²) in [5, 5.41) is 10.8. The third kappa shape index (κ3) is 3.60. The molecule has 1 saturated heterocycles. The number of aryl methyl sites for hydroxylation is 2. The molecule has 1 unspecified atom stereocenters. The molecule has 4 rings (SSSR count). The second kappa shape index (κ2) is 7.41. The van der Waals surface area contributed by atoms with Crippen LogP contribution in [-0.2, 0) is 11.3 Å². The Hall–Kier alpha value is -3.23. The lowest BCUT2D eigenvalue weighted by molar-refractivity contribution is -0.389. The highest BCUT2D eigenvalue weighted by molar-refractivity contribution is 5.77. The molecule has 0 bridgehead atoms. The highest BCUT2D eigenvalue weighted by Gasteiger charge is 2.27. The minimum atomic E-state index is -0.520. The fourth-order valence-electron chi connectivity index (χ4n) is 3.77. The van der Waals surface area contributed by atoms with E-state index in [4.69, 9.17) is 0 Å². The summed E-state index contributed by atoms with van der Waals surface area (Å²) in [7, 11) is 0. The Labute approximate surface area is 161 Å². The van der Waals surface area contributed by atoms with Crippen LogP contribution in [0.5, 0.6) is 0 Å².